The predicted octanol–water partition coefficient (Wildman–Crippen LogP) is 1.63. The molecule has 86 valence electrons. The predicted molar refractivity (Wildman–Crippen MR) is 58.9 cm³/mol. The highest BCUT2D eigenvalue weighted by Gasteiger charge is 2.43. The van der Waals surface area contributed by atoms with E-state index in [2.05, 4.69) is 18.2 Å². The molecule has 1 fully saturated rings. The fourth-order valence-electron chi connectivity index (χ4n) is 2.59. The first-order chi connectivity index (χ1) is 7.81. The van der Waals surface area contributed by atoms with Crippen LogP contribution in [0.15, 0.2) is 24.3 Å². The van der Waals surface area contributed by atoms with E-state index in [-0.39, 0.29) is 12.7 Å². The summed E-state index contributed by atoms with van der Waals surface area (Å²) in [7, 11) is 0. The molecule has 0 aliphatic carbocycles. The third kappa shape index (κ3) is 1.65. The molecule has 1 N–H and O–H groups in total. The van der Waals surface area contributed by atoms with Gasteiger partial charge in [-0.1, -0.05) is 24.3 Å². The van der Waals surface area contributed by atoms with Crippen molar-refractivity contribution in [3.63, 3.8) is 0 Å². The number of fused-ring (bicyclic) bond motifs is 1. The molecule has 0 radical (unpaired) electrons. The van der Waals surface area contributed by atoms with Crippen LogP contribution in [0.25, 0.3) is 0 Å². The van der Waals surface area contributed by atoms with Crippen molar-refractivity contribution in [3.05, 3.63) is 35.4 Å². The molecule has 2 heterocycles. The van der Waals surface area contributed by atoms with Crippen LogP contribution in [-0.4, -0.2) is 23.6 Å². The molecule has 1 saturated heterocycles. The van der Waals surface area contributed by atoms with Crippen molar-refractivity contribution in [1.29, 1.82) is 0 Å². The molecule has 0 saturated carbocycles. The van der Waals surface area contributed by atoms with Crippen molar-refractivity contribution < 1.29 is 14.6 Å². The van der Waals surface area contributed by atoms with Crippen LogP contribution in [0, 0.1) is 0 Å². The van der Waals surface area contributed by atoms with Gasteiger partial charge in [0, 0.05) is 12.8 Å². The molecule has 2 atom stereocenters. The first-order valence-electron chi connectivity index (χ1n) is 5.81. The summed E-state index contributed by atoms with van der Waals surface area (Å²) in [5, 5.41) is 9.09. The van der Waals surface area contributed by atoms with E-state index in [1.54, 1.807) is 0 Å². The average Bonchev–Trinajstić information content (AvgIpc) is 2.72. The number of aliphatic hydroxyl groups is 1. The lowest BCUT2D eigenvalue weighted by molar-refractivity contribution is -0.242. The van der Waals surface area contributed by atoms with Crippen LogP contribution in [0.1, 0.15) is 24.0 Å². The van der Waals surface area contributed by atoms with Crippen LogP contribution < -0.4 is 0 Å². The van der Waals surface area contributed by atoms with Crippen LogP contribution in [-0.2, 0) is 22.5 Å². The van der Waals surface area contributed by atoms with Crippen molar-refractivity contribution >= 4 is 0 Å². The molecule has 0 unspecified atom stereocenters. The SMILES string of the molecule is OC[C@@H]1CC[C@]2(Cc3ccccc3CO2)O1. The molecule has 0 bridgehead atoms. The lowest BCUT2D eigenvalue weighted by Gasteiger charge is -2.34. The van der Waals surface area contributed by atoms with Gasteiger partial charge >= 0.3 is 0 Å². The van der Waals surface area contributed by atoms with Gasteiger partial charge in [0.05, 0.1) is 19.3 Å². The highest BCUT2D eigenvalue weighted by Crippen LogP contribution is 2.38. The van der Waals surface area contributed by atoms with Gasteiger partial charge in [0.1, 0.15) is 0 Å². The van der Waals surface area contributed by atoms with Crippen LogP contribution in [0.3, 0.4) is 0 Å². The van der Waals surface area contributed by atoms with Gasteiger partial charge in [0.2, 0.25) is 0 Å². The van der Waals surface area contributed by atoms with Crippen molar-refractivity contribution in [3.8, 4) is 0 Å². The summed E-state index contributed by atoms with van der Waals surface area (Å²) >= 11 is 0. The maximum absolute atomic E-state index is 9.09. The summed E-state index contributed by atoms with van der Waals surface area (Å²) < 4.78 is 11.7. The van der Waals surface area contributed by atoms with Crippen molar-refractivity contribution in [2.45, 2.75) is 37.8 Å². The van der Waals surface area contributed by atoms with E-state index >= 15 is 0 Å². The van der Waals surface area contributed by atoms with Gasteiger partial charge in [-0.3, -0.25) is 0 Å². The molecule has 2 aliphatic rings. The largest absolute Gasteiger partial charge is 0.394 e. The van der Waals surface area contributed by atoms with Crippen LogP contribution in [0.2, 0.25) is 0 Å². The molecule has 1 aromatic rings. The summed E-state index contributed by atoms with van der Waals surface area (Å²) in [6.07, 6.45) is 2.52. The Balaban J connectivity index is 1.83. The molecular weight excluding hydrogens is 204 g/mol. The van der Waals surface area contributed by atoms with E-state index in [1.807, 2.05) is 6.07 Å². The van der Waals surface area contributed by atoms with E-state index in [0.29, 0.717) is 6.61 Å². The minimum atomic E-state index is -0.470. The summed E-state index contributed by atoms with van der Waals surface area (Å²) in [5.74, 6) is -0.470. The molecule has 3 heteroatoms. The Morgan fingerprint density at radius 3 is 2.88 bits per heavy atom. The van der Waals surface area contributed by atoms with Gasteiger partial charge in [-0.15, -0.1) is 0 Å². The second-order valence-electron chi connectivity index (χ2n) is 4.61. The van der Waals surface area contributed by atoms with E-state index in [0.717, 1.165) is 19.3 Å². The van der Waals surface area contributed by atoms with Crippen molar-refractivity contribution in [1.82, 2.24) is 0 Å². The standard InChI is InChI=1S/C13H16O3/c14-8-12-5-6-13(16-12)7-10-3-1-2-4-11(10)9-15-13/h1-4,12,14H,5-9H2/t12-,13+/m0/s1. The second kappa shape index (κ2) is 3.84. The highest BCUT2D eigenvalue weighted by atomic mass is 16.7. The summed E-state index contributed by atoms with van der Waals surface area (Å²) in [5.41, 5.74) is 2.57. The molecule has 3 rings (SSSR count). The Bertz CT molecular complexity index is 391. The van der Waals surface area contributed by atoms with Gasteiger partial charge in [0.25, 0.3) is 0 Å². The Labute approximate surface area is 95.0 Å². The maximum Gasteiger partial charge on any atom is 0.173 e. The third-order valence-electron chi connectivity index (χ3n) is 3.50. The van der Waals surface area contributed by atoms with E-state index in [1.165, 1.54) is 11.1 Å². The molecule has 2 aliphatic heterocycles. The Hall–Kier alpha value is -0.900. The van der Waals surface area contributed by atoms with Gasteiger partial charge in [-0.25, -0.2) is 0 Å². The van der Waals surface area contributed by atoms with Crippen LogP contribution >= 0.6 is 0 Å². The van der Waals surface area contributed by atoms with Gasteiger partial charge < -0.3 is 14.6 Å². The Kier molecular flexibility index (Phi) is 2.46. The topological polar surface area (TPSA) is 38.7 Å². The van der Waals surface area contributed by atoms with Crippen molar-refractivity contribution in [2.24, 2.45) is 0 Å². The monoisotopic (exact) mass is 220 g/mol. The normalized spacial score (nSPS) is 32.9. The third-order valence-corrected chi connectivity index (χ3v) is 3.50. The van der Waals surface area contributed by atoms with Gasteiger partial charge in [-0.2, -0.15) is 0 Å². The zero-order chi connectivity index (χ0) is 11.0. The average molecular weight is 220 g/mol. The molecule has 1 aromatic carbocycles. The van der Waals surface area contributed by atoms with E-state index < -0.39 is 5.79 Å². The molecule has 3 nitrogen and oxygen atoms in total. The first kappa shape index (κ1) is 10.3. The Morgan fingerprint density at radius 2 is 2.12 bits per heavy atom. The lowest BCUT2D eigenvalue weighted by atomic mass is 9.95. The number of aliphatic hydroxyl groups excluding tert-OH is 1. The van der Waals surface area contributed by atoms with Crippen LogP contribution in [0.4, 0.5) is 0 Å². The number of hydrogen-bond acceptors (Lipinski definition) is 3. The molecule has 0 aromatic heterocycles. The summed E-state index contributed by atoms with van der Waals surface area (Å²) in [6.45, 7) is 0.709. The van der Waals surface area contributed by atoms with Gasteiger partial charge in [-0.05, 0) is 17.5 Å². The molecular formula is C13H16O3. The van der Waals surface area contributed by atoms with Crippen molar-refractivity contribution in [2.75, 3.05) is 6.61 Å². The first-order valence-corrected chi connectivity index (χ1v) is 5.81. The minimum Gasteiger partial charge on any atom is -0.394 e. The summed E-state index contributed by atoms with van der Waals surface area (Å²) in [4.78, 5) is 0. The number of ether oxygens (including phenoxy) is 2. The fraction of sp³-hybridized carbons (Fsp3) is 0.538. The van der Waals surface area contributed by atoms with Crippen LogP contribution in [0.5, 0.6) is 0 Å². The molecule has 0 amide bonds. The smallest absolute Gasteiger partial charge is 0.173 e. The number of benzene rings is 1. The molecule has 16 heavy (non-hydrogen) atoms. The summed E-state index contributed by atoms with van der Waals surface area (Å²) in [6, 6.07) is 8.32. The van der Waals surface area contributed by atoms with Gasteiger partial charge in [0.15, 0.2) is 5.79 Å². The second-order valence-corrected chi connectivity index (χ2v) is 4.61. The number of hydrogen-bond donors (Lipinski definition) is 1. The molecule has 1 spiro atoms. The van der Waals surface area contributed by atoms with E-state index in [4.69, 9.17) is 14.6 Å². The Morgan fingerprint density at radius 1 is 1.31 bits per heavy atom. The maximum atomic E-state index is 9.09. The zero-order valence-electron chi connectivity index (χ0n) is 9.19. The van der Waals surface area contributed by atoms with E-state index in [9.17, 15) is 0 Å². The fourth-order valence-corrected chi connectivity index (χ4v) is 2.59. The minimum absolute atomic E-state index is 0.0507. The number of rotatable bonds is 1. The lowest BCUT2D eigenvalue weighted by Crippen LogP contribution is -2.39. The zero-order valence-corrected chi connectivity index (χ0v) is 9.19. The quantitative estimate of drug-likeness (QED) is 0.781. The highest BCUT2D eigenvalue weighted by molar-refractivity contribution is 5.29.